The Morgan fingerprint density at radius 2 is 1.94 bits per heavy atom. The van der Waals surface area contributed by atoms with E-state index in [1.807, 2.05) is 24.3 Å². The number of carbonyl (C=O) groups excluding carboxylic acids is 2. The maximum Gasteiger partial charge on any atom is 0.325 e. The van der Waals surface area contributed by atoms with Gasteiger partial charge in [0.25, 0.3) is 11.8 Å². The van der Waals surface area contributed by atoms with Crippen molar-refractivity contribution in [3.8, 4) is 17.1 Å². The predicted molar refractivity (Wildman–Crippen MR) is 115 cm³/mol. The average Bonchev–Trinajstić information content (AvgIpc) is 3.41. The number of benzene rings is 2. The first kappa shape index (κ1) is 20.8. The van der Waals surface area contributed by atoms with E-state index in [1.165, 1.54) is 11.3 Å². The Kier molecular flexibility index (Phi) is 6.15. The summed E-state index contributed by atoms with van der Waals surface area (Å²) in [4.78, 5) is 28.9. The van der Waals surface area contributed by atoms with Gasteiger partial charge < -0.3 is 19.3 Å². The smallest absolute Gasteiger partial charge is 0.325 e. The number of methoxy groups -OCH3 is 1. The summed E-state index contributed by atoms with van der Waals surface area (Å²) in [6.07, 6.45) is 0. The van der Waals surface area contributed by atoms with Crippen LogP contribution >= 0.6 is 22.9 Å². The third-order valence-electron chi connectivity index (χ3n) is 4.31. The standard InChI is InChI=1S/C21H16ClN3O5S/c1-28-13-8-6-12(7-9-13)20-24-16(30-25-20)11-29-17(26)10-23-21(27)19-18(22)14-4-2-3-5-15(14)31-19/h2-9H,10-11H2,1H3,(H,23,27). The van der Waals surface area contributed by atoms with Gasteiger partial charge in [-0.25, -0.2) is 0 Å². The van der Waals surface area contributed by atoms with Crippen LogP contribution in [0.2, 0.25) is 5.02 Å². The molecule has 10 heteroatoms. The molecule has 0 aliphatic carbocycles. The molecule has 8 nitrogen and oxygen atoms in total. The zero-order valence-electron chi connectivity index (χ0n) is 16.3. The Labute approximate surface area is 185 Å². The maximum atomic E-state index is 12.4. The molecule has 0 radical (unpaired) electrons. The lowest BCUT2D eigenvalue weighted by molar-refractivity contribution is -0.144. The summed E-state index contributed by atoms with van der Waals surface area (Å²) in [6.45, 7) is -0.523. The maximum absolute atomic E-state index is 12.4. The van der Waals surface area contributed by atoms with Gasteiger partial charge in [-0.3, -0.25) is 9.59 Å². The Bertz CT molecular complexity index is 1240. The van der Waals surface area contributed by atoms with E-state index in [4.69, 9.17) is 25.6 Å². The number of ether oxygens (including phenoxy) is 2. The van der Waals surface area contributed by atoms with Gasteiger partial charge in [-0.1, -0.05) is 35.0 Å². The molecule has 4 rings (SSSR count). The highest BCUT2D eigenvalue weighted by Gasteiger charge is 2.18. The number of hydrogen-bond acceptors (Lipinski definition) is 8. The molecular formula is C21H16ClN3O5S. The molecule has 1 amide bonds. The van der Waals surface area contributed by atoms with Gasteiger partial charge in [-0.05, 0) is 30.3 Å². The minimum atomic E-state index is -0.644. The van der Waals surface area contributed by atoms with Gasteiger partial charge in [0.1, 0.15) is 17.2 Å². The van der Waals surface area contributed by atoms with Crippen molar-refractivity contribution >= 4 is 44.9 Å². The number of esters is 1. The predicted octanol–water partition coefficient (Wildman–Crippen LogP) is 4.09. The minimum absolute atomic E-state index is 0.137. The van der Waals surface area contributed by atoms with Crippen LogP contribution in [0.15, 0.2) is 53.1 Å². The molecule has 1 N–H and O–H groups in total. The summed E-state index contributed by atoms with van der Waals surface area (Å²) in [5.41, 5.74) is 0.731. The topological polar surface area (TPSA) is 104 Å². The molecular weight excluding hydrogens is 442 g/mol. The summed E-state index contributed by atoms with van der Waals surface area (Å²) < 4.78 is 16.2. The summed E-state index contributed by atoms with van der Waals surface area (Å²) in [7, 11) is 1.58. The van der Waals surface area contributed by atoms with Crippen LogP contribution in [-0.4, -0.2) is 35.7 Å². The summed E-state index contributed by atoms with van der Waals surface area (Å²) in [5, 5.41) is 7.54. The molecule has 0 saturated carbocycles. The number of aromatic nitrogens is 2. The zero-order chi connectivity index (χ0) is 21.8. The van der Waals surface area contributed by atoms with Crippen LogP contribution in [0.4, 0.5) is 0 Å². The Balaban J connectivity index is 1.29. The minimum Gasteiger partial charge on any atom is -0.497 e. The van der Waals surface area contributed by atoms with Crippen molar-refractivity contribution in [2.45, 2.75) is 6.61 Å². The second kappa shape index (κ2) is 9.15. The molecule has 0 aliphatic rings. The summed E-state index contributed by atoms with van der Waals surface area (Å²) >= 11 is 7.54. The van der Waals surface area contributed by atoms with Crippen molar-refractivity contribution in [2.75, 3.05) is 13.7 Å². The van der Waals surface area contributed by atoms with Crippen LogP contribution in [-0.2, 0) is 16.1 Å². The molecule has 0 fully saturated rings. The summed E-state index contributed by atoms with van der Waals surface area (Å²) in [6, 6.07) is 14.5. The number of rotatable bonds is 7. The fourth-order valence-electron chi connectivity index (χ4n) is 2.76. The number of fused-ring (bicyclic) bond motifs is 1. The van der Waals surface area contributed by atoms with Crippen LogP contribution in [0.5, 0.6) is 5.75 Å². The molecule has 2 aromatic heterocycles. The lowest BCUT2D eigenvalue weighted by Gasteiger charge is -2.04. The van der Waals surface area contributed by atoms with E-state index in [9.17, 15) is 9.59 Å². The second-order valence-corrected chi connectivity index (χ2v) is 7.76. The third-order valence-corrected chi connectivity index (χ3v) is 5.98. The SMILES string of the molecule is COc1ccc(-c2noc(COC(=O)CNC(=O)c3sc4ccccc4c3Cl)n2)cc1. The highest BCUT2D eigenvalue weighted by molar-refractivity contribution is 7.21. The molecule has 31 heavy (non-hydrogen) atoms. The van der Waals surface area contributed by atoms with Crippen LogP contribution < -0.4 is 10.1 Å². The van der Waals surface area contributed by atoms with E-state index >= 15 is 0 Å². The van der Waals surface area contributed by atoms with Gasteiger partial charge in [0.15, 0.2) is 6.61 Å². The second-order valence-electron chi connectivity index (χ2n) is 6.32. The first-order chi connectivity index (χ1) is 15.0. The lowest BCUT2D eigenvalue weighted by atomic mass is 10.2. The van der Waals surface area contributed by atoms with Crippen LogP contribution in [0.1, 0.15) is 15.6 Å². The quantitative estimate of drug-likeness (QED) is 0.417. The zero-order valence-corrected chi connectivity index (χ0v) is 17.8. The first-order valence-electron chi connectivity index (χ1n) is 9.13. The normalized spacial score (nSPS) is 10.8. The van der Waals surface area contributed by atoms with Gasteiger partial charge in [0.2, 0.25) is 5.82 Å². The van der Waals surface area contributed by atoms with Gasteiger partial charge in [-0.2, -0.15) is 4.98 Å². The number of nitrogens with one attached hydrogen (secondary N) is 1. The fourth-order valence-corrected chi connectivity index (χ4v) is 4.19. The van der Waals surface area contributed by atoms with Crippen molar-refractivity contribution in [3.05, 3.63) is 64.3 Å². The number of thiophene rings is 1. The molecule has 0 aliphatic heterocycles. The van der Waals surface area contributed by atoms with Crippen molar-refractivity contribution < 1.29 is 23.6 Å². The van der Waals surface area contributed by atoms with Crippen molar-refractivity contribution in [3.63, 3.8) is 0 Å². The fraction of sp³-hybridized carbons (Fsp3) is 0.143. The van der Waals surface area contributed by atoms with E-state index < -0.39 is 11.9 Å². The van der Waals surface area contributed by atoms with Gasteiger partial charge in [-0.15, -0.1) is 11.3 Å². The highest BCUT2D eigenvalue weighted by atomic mass is 35.5. The van der Waals surface area contributed by atoms with E-state index in [1.54, 1.807) is 31.4 Å². The van der Waals surface area contributed by atoms with E-state index in [-0.39, 0.29) is 19.0 Å². The molecule has 0 bridgehead atoms. The molecule has 158 valence electrons. The Morgan fingerprint density at radius 1 is 1.16 bits per heavy atom. The molecule has 2 aromatic carbocycles. The Morgan fingerprint density at radius 3 is 2.68 bits per heavy atom. The van der Waals surface area contributed by atoms with Gasteiger partial charge in [0.05, 0.1) is 12.1 Å². The average molecular weight is 458 g/mol. The van der Waals surface area contributed by atoms with Crippen molar-refractivity contribution in [2.24, 2.45) is 0 Å². The number of carbonyl (C=O) groups is 2. The van der Waals surface area contributed by atoms with Gasteiger partial charge in [0, 0.05) is 15.6 Å². The summed E-state index contributed by atoms with van der Waals surface area (Å²) in [5.74, 6) is 0.123. The molecule has 0 saturated heterocycles. The number of hydrogen-bond donors (Lipinski definition) is 1. The third kappa shape index (κ3) is 4.68. The van der Waals surface area contributed by atoms with Gasteiger partial charge >= 0.3 is 5.97 Å². The number of amides is 1. The number of nitrogens with zero attached hydrogens (tertiary/aromatic N) is 2. The largest absolute Gasteiger partial charge is 0.497 e. The molecule has 2 heterocycles. The molecule has 4 aromatic rings. The van der Waals surface area contributed by atoms with Crippen molar-refractivity contribution in [1.82, 2.24) is 15.5 Å². The van der Waals surface area contributed by atoms with E-state index in [0.29, 0.717) is 21.5 Å². The Hall–Kier alpha value is -3.43. The monoisotopic (exact) mass is 457 g/mol. The van der Waals surface area contributed by atoms with E-state index in [0.717, 1.165) is 15.6 Å². The lowest BCUT2D eigenvalue weighted by Crippen LogP contribution is -2.30. The molecule has 0 spiro atoms. The first-order valence-corrected chi connectivity index (χ1v) is 10.3. The number of halogens is 1. The van der Waals surface area contributed by atoms with Crippen LogP contribution in [0.25, 0.3) is 21.5 Å². The molecule has 0 atom stereocenters. The highest BCUT2D eigenvalue weighted by Crippen LogP contribution is 2.34. The van der Waals surface area contributed by atoms with Crippen LogP contribution in [0, 0.1) is 0 Å². The van der Waals surface area contributed by atoms with Crippen LogP contribution in [0.3, 0.4) is 0 Å². The molecule has 0 unspecified atom stereocenters. The van der Waals surface area contributed by atoms with E-state index in [2.05, 4.69) is 15.5 Å². The van der Waals surface area contributed by atoms with Crippen molar-refractivity contribution in [1.29, 1.82) is 0 Å².